The largest absolute Gasteiger partial charge is 0.497 e. The standard InChI is InChI=1S/C20H30O3S/c1-16(21)23-13-8-6-4-3-5-7-9-17-12-14-24-20-15-18(22-2)10-11-19(17)20/h10-11,15,17H,3-9,12-14H2,1-2H3. The van der Waals surface area contributed by atoms with Crippen LogP contribution in [0.15, 0.2) is 23.1 Å². The summed E-state index contributed by atoms with van der Waals surface area (Å²) in [6, 6.07) is 6.55. The van der Waals surface area contributed by atoms with Crippen molar-refractivity contribution in [1.29, 1.82) is 0 Å². The van der Waals surface area contributed by atoms with E-state index in [1.54, 1.807) is 7.11 Å². The first-order chi connectivity index (χ1) is 11.7. The summed E-state index contributed by atoms with van der Waals surface area (Å²) in [6.07, 6.45) is 9.91. The van der Waals surface area contributed by atoms with E-state index in [9.17, 15) is 4.79 Å². The van der Waals surface area contributed by atoms with Crippen LogP contribution in [0.2, 0.25) is 0 Å². The molecule has 0 N–H and O–H groups in total. The molecule has 1 heterocycles. The second kappa shape index (κ2) is 10.7. The number of fused-ring (bicyclic) bond motifs is 1. The van der Waals surface area contributed by atoms with E-state index in [2.05, 4.69) is 18.2 Å². The molecule has 0 saturated heterocycles. The van der Waals surface area contributed by atoms with Crippen LogP contribution < -0.4 is 4.74 Å². The predicted octanol–water partition coefficient (Wildman–Crippen LogP) is 5.57. The van der Waals surface area contributed by atoms with Crippen LogP contribution in [0.4, 0.5) is 0 Å². The Morgan fingerprint density at radius 2 is 1.92 bits per heavy atom. The Morgan fingerprint density at radius 1 is 1.17 bits per heavy atom. The van der Waals surface area contributed by atoms with Gasteiger partial charge >= 0.3 is 5.97 Å². The third-order valence-corrected chi connectivity index (χ3v) is 5.74. The number of rotatable bonds is 10. The molecule has 1 aromatic rings. The highest BCUT2D eigenvalue weighted by Gasteiger charge is 2.20. The summed E-state index contributed by atoms with van der Waals surface area (Å²) < 4.78 is 10.3. The van der Waals surface area contributed by atoms with E-state index in [4.69, 9.17) is 9.47 Å². The zero-order valence-electron chi connectivity index (χ0n) is 15.0. The molecule has 1 aliphatic rings. The SMILES string of the molecule is COc1ccc2c(c1)SCCC2CCCCCCCCOC(C)=O. The van der Waals surface area contributed by atoms with Gasteiger partial charge in [0, 0.05) is 11.8 Å². The van der Waals surface area contributed by atoms with Gasteiger partial charge in [-0.15, -0.1) is 11.8 Å². The van der Waals surface area contributed by atoms with E-state index in [1.807, 2.05) is 11.8 Å². The van der Waals surface area contributed by atoms with Gasteiger partial charge in [-0.05, 0) is 48.6 Å². The normalized spacial score (nSPS) is 16.5. The second-order valence-corrected chi connectivity index (χ2v) is 7.62. The topological polar surface area (TPSA) is 35.5 Å². The summed E-state index contributed by atoms with van der Waals surface area (Å²) in [6.45, 7) is 2.05. The summed E-state index contributed by atoms with van der Waals surface area (Å²) in [5, 5.41) is 0. The Kier molecular flexibility index (Phi) is 8.51. The van der Waals surface area contributed by atoms with Crippen LogP contribution >= 0.6 is 11.8 Å². The Morgan fingerprint density at radius 3 is 2.67 bits per heavy atom. The molecule has 0 aliphatic carbocycles. The zero-order chi connectivity index (χ0) is 17.2. The number of hydrogen-bond donors (Lipinski definition) is 0. The second-order valence-electron chi connectivity index (χ2n) is 6.49. The summed E-state index contributed by atoms with van der Waals surface area (Å²) in [4.78, 5) is 12.1. The molecular formula is C20H30O3S. The van der Waals surface area contributed by atoms with Crippen molar-refractivity contribution in [3.05, 3.63) is 23.8 Å². The molecule has 1 aromatic carbocycles. The van der Waals surface area contributed by atoms with Gasteiger partial charge in [0.25, 0.3) is 0 Å². The molecule has 3 nitrogen and oxygen atoms in total. The third-order valence-electron chi connectivity index (χ3n) is 4.64. The summed E-state index contributed by atoms with van der Waals surface area (Å²) in [5.41, 5.74) is 1.52. The monoisotopic (exact) mass is 350 g/mol. The number of ether oxygens (including phenoxy) is 2. The van der Waals surface area contributed by atoms with Crippen molar-refractivity contribution >= 4 is 17.7 Å². The van der Waals surface area contributed by atoms with Crippen molar-refractivity contribution < 1.29 is 14.3 Å². The average Bonchev–Trinajstić information content (AvgIpc) is 2.59. The van der Waals surface area contributed by atoms with Crippen LogP contribution in [-0.2, 0) is 9.53 Å². The number of carbonyl (C=O) groups is 1. The minimum atomic E-state index is -0.168. The molecule has 1 unspecified atom stereocenters. The van der Waals surface area contributed by atoms with Crippen LogP contribution in [0.3, 0.4) is 0 Å². The van der Waals surface area contributed by atoms with E-state index in [-0.39, 0.29) is 5.97 Å². The minimum Gasteiger partial charge on any atom is -0.497 e. The minimum absolute atomic E-state index is 0.168. The Hall–Kier alpha value is -1.16. The zero-order valence-corrected chi connectivity index (χ0v) is 15.8. The molecule has 0 radical (unpaired) electrons. The average molecular weight is 351 g/mol. The number of esters is 1. The highest BCUT2D eigenvalue weighted by atomic mass is 32.2. The lowest BCUT2D eigenvalue weighted by Gasteiger charge is -2.25. The first-order valence-electron chi connectivity index (χ1n) is 9.15. The van der Waals surface area contributed by atoms with Crippen LogP contribution in [-0.4, -0.2) is 25.4 Å². The predicted molar refractivity (Wildman–Crippen MR) is 100 cm³/mol. The van der Waals surface area contributed by atoms with Crippen LogP contribution in [0.25, 0.3) is 0 Å². The molecule has 134 valence electrons. The van der Waals surface area contributed by atoms with Crippen molar-refractivity contribution in [2.24, 2.45) is 0 Å². The quantitative estimate of drug-likeness (QED) is 0.408. The fraction of sp³-hybridized carbons (Fsp3) is 0.650. The fourth-order valence-corrected chi connectivity index (χ4v) is 4.51. The number of benzene rings is 1. The fourth-order valence-electron chi connectivity index (χ4n) is 3.29. The molecule has 0 aromatic heterocycles. The molecule has 0 saturated carbocycles. The summed E-state index contributed by atoms with van der Waals surface area (Å²) >= 11 is 1.96. The lowest BCUT2D eigenvalue weighted by Crippen LogP contribution is -2.07. The molecule has 1 atom stereocenters. The van der Waals surface area contributed by atoms with Gasteiger partial charge in [-0.1, -0.05) is 38.2 Å². The molecule has 0 amide bonds. The van der Waals surface area contributed by atoms with Gasteiger partial charge in [-0.3, -0.25) is 4.79 Å². The summed E-state index contributed by atoms with van der Waals surface area (Å²) in [7, 11) is 1.74. The molecule has 24 heavy (non-hydrogen) atoms. The highest BCUT2D eigenvalue weighted by molar-refractivity contribution is 7.99. The number of carbonyl (C=O) groups excluding carboxylic acids is 1. The van der Waals surface area contributed by atoms with Crippen molar-refractivity contribution in [3.8, 4) is 5.75 Å². The van der Waals surface area contributed by atoms with E-state index in [1.165, 1.54) is 61.7 Å². The molecule has 0 bridgehead atoms. The van der Waals surface area contributed by atoms with Gasteiger partial charge < -0.3 is 9.47 Å². The van der Waals surface area contributed by atoms with Crippen LogP contribution in [0.1, 0.15) is 69.8 Å². The van der Waals surface area contributed by atoms with E-state index >= 15 is 0 Å². The molecular weight excluding hydrogens is 320 g/mol. The van der Waals surface area contributed by atoms with Gasteiger partial charge in [-0.25, -0.2) is 0 Å². The third kappa shape index (κ3) is 6.39. The van der Waals surface area contributed by atoms with Gasteiger partial charge in [0.15, 0.2) is 0 Å². The molecule has 4 heteroatoms. The smallest absolute Gasteiger partial charge is 0.302 e. The highest BCUT2D eigenvalue weighted by Crippen LogP contribution is 2.41. The summed E-state index contributed by atoms with van der Waals surface area (Å²) in [5.74, 6) is 2.74. The van der Waals surface area contributed by atoms with Gasteiger partial charge in [0.1, 0.15) is 5.75 Å². The Labute approximate surface area is 150 Å². The van der Waals surface area contributed by atoms with Crippen LogP contribution in [0, 0.1) is 0 Å². The lowest BCUT2D eigenvalue weighted by molar-refractivity contribution is -0.141. The lowest BCUT2D eigenvalue weighted by atomic mass is 9.90. The molecule has 2 rings (SSSR count). The Balaban J connectivity index is 1.61. The van der Waals surface area contributed by atoms with Crippen molar-refractivity contribution in [3.63, 3.8) is 0 Å². The number of thioether (sulfide) groups is 1. The van der Waals surface area contributed by atoms with Gasteiger partial charge in [0.2, 0.25) is 0 Å². The maximum absolute atomic E-state index is 10.7. The van der Waals surface area contributed by atoms with E-state index in [0.717, 1.165) is 24.5 Å². The number of hydrogen-bond acceptors (Lipinski definition) is 4. The molecule has 0 spiro atoms. The maximum atomic E-state index is 10.7. The number of methoxy groups -OCH3 is 1. The Bertz CT molecular complexity index is 516. The van der Waals surface area contributed by atoms with Crippen molar-refractivity contribution in [2.45, 2.75) is 69.1 Å². The van der Waals surface area contributed by atoms with Gasteiger partial charge in [0.05, 0.1) is 13.7 Å². The van der Waals surface area contributed by atoms with E-state index in [0.29, 0.717) is 6.61 Å². The number of unbranched alkanes of at least 4 members (excludes halogenated alkanes) is 5. The van der Waals surface area contributed by atoms with E-state index < -0.39 is 0 Å². The van der Waals surface area contributed by atoms with Gasteiger partial charge in [-0.2, -0.15) is 0 Å². The van der Waals surface area contributed by atoms with Crippen LogP contribution in [0.5, 0.6) is 5.75 Å². The molecule has 0 fully saturated rings. The molecule has 1 aliphatic heterocycles. The first-order valence-corrected chi connectivity index (χ1v) is 10.1. The van der Waals surface area contributed by atoms with Crippen molar-refractivity contribution in [1.82, 2.24) is 0 Å². The first kappa shape index (κ1) is 19.2. The maximum Gasteiger partial charge on any atom is 0.302 e. The van der Waals surface area contributed by atoms with Crippen molar-refractivity contribution in [2.75, 3.05) is 19.5 Å².